The van der Waals surface area contributed by atoms with Crippen molar-refractivity contribution in [3.05, 3.63) is 35.0 Å². The Bertz CT molecular complexity index is 697. The number of aromatic nitrogens is 2. The van der Waals surface area contributed by atoms with Crippen LogP contribution in [0.3, 0.4) is 0 Å². The van der Waals surface area contributed by atoms with Gasteiger partial charge in [0.25, 0.3) is 0 Å². The molecule has 21 heavy (non-hydrogen) atoms. The number of carbonyl (C=O) groups is 1. The van der Waals surface area contributed by atoms with Crippen molar-refractivity contribution in [2.24, 2.45) is 5.73 Å². The van der Waals surface area contributed by atoms with Crippen LogP contribution in [0.15, 0.2) is 18.2 Å². The van der Waals surface area contributed by atoms with E-state index in [0.717, 1.165) is 16.7 Å². The molecule has 2 aromatic rings. The van der Waals surface area contributed by atoms with Crippen LogP contribution in [0, 0.1) is 0 Å². The lowest BCUT2D eigenvalue weighted by Gasteiger charge is -2.06. The molecule has 0 radical (unpaired) electrons. The molecule has 0 amide bonds. The van der Waals surface area contributed by atoms with Gasteiger partial charge in [0.1, 0.15) is 11.4 Å². The molecule has 1 aliphatic carbocycles. The lowest BCUT2D eigenvalue weighted by atomic mass is 10.1. The zero-order valence-corrected chi connectivity index (χ0v) is 13.0. The van der Waals surface area contributed by atoms with Gasteiger partial charge in [-0.15, -0.1) is 17.0 Å². The first-order valence-corrected chi connectivity index (χ1v) is 6.47. The summed E-state index contributed by atoms with van der Waals surface area (Å²) >= 11 is 0. The van der Waals surface area contributed by atoms with Crippen LogP contribution in [0.2, 0.25) is 0 Å². The molecule has 0 aliphatic heterocycles. The Morgan fingerprint density at radius 1 is 1.43 bits per heavy atom. The van der Waals surface area contributed by atoms with Crippen LogP contribution < -0.4 is 5.73 Å². The number of nitrogens with two attached hydrogens (primary N) is 1. The zero-order chi connectivity index (χ0) is 14.3. The fraction of sp³-hybridized carbons (Fsp3) is 0.286. The molecule has 0 bridgehead atoms. The molecule has 0 saturated carbocycles. The summed E-state index contributed by atoms with van der Waals surface area (Å²) in [4.78, 5) is 11.5. The van der Waals surface area contributed by atoms with E-state index in [2.05, 4.69) is 5.10 Å². The molecule has 1 heterocycles. The standard InChI is InChI=1S/C14H15N3O3.BrH/c15-4-1-5-17-13(14(19)20)11-7-8-6-9(18)2-3-10(8)12(11)16-17;/h2-3,6,18H,1,4-5,7,15H2,(H,19,20);1H. The topological polar surface area (TPSA) is 101 Å². The first kappa shape index (κ1) is 15.5. The maximum absolute atomic E-state index is 11.5. The van der Waals surface area contributed by atoms with Crippen LogP contribution in [0.1, 0.15) is 28.0 Å². The van der Waals surface area contributed by atoms with Gasteiger partial charge in [0.15, 0.2) is 0 Å². The molecule has 7 heteroatoms. The molecule has 0 spiro atoms. The SMILES string of the molecule is Br.NCCCn1nc2c(c1C(=O)O)Cc1cc(O)ccc1-2. The summed E-state index contributed by atoms with van der Waals surface area (Å²) in [6.45, 7) is 0.993. The van der Waals surface area contributed by atoms with E-state index >= 15 is 0 Å². The summed E-state index contributed by atoms with van der Waals surface area (Å²) in [5, 5.41) is 23.3. The Hall–Kier alpha value is -1.86. The number of carboxylic acids is 1. The van der Waals surface area contributed by atoms with Crippen molar-refractivity contribution in [1.29, 1.82) is 0 Å². The van der Waals surface area contributed by atoms with Crippen molar-refractivity contribution >= 4 is 23.0 Å². The maximum Gasteiger partial charge on any atom is 0.354 e. The average molecular weight is 354 g/mol. The summed E-state index contributed by atoms with van der Waals surface area (Å²) in [5.74, 6) is -0.797. The van der Waals surface area contributed by atoms with Crippen LogP contribution in [-0.2, 0) is 13.0 Å². The van der Waals surface area contributed by atoms with Crippen LogP contribution in [0.25, 0.3) is 11.3 Å². The van der Waals surface area contributed by atoms with Crippen LogP contribution in [-0.4, -0.2) is 32.5 Å². The quantitative estimate of drug-likeness (QED) is 0.663. The van der Waals surface area contributed by atoms with Crippen molar-refractivity contribution in [1.82, 2.24) is 9.78 Å². The molecular weight excluding hydrogens is 338 g/mol. The lowest BCUT2D eigenvalue weighted by Crippen LogP contribution is -2.14. The zero-order valence-electron chi connectivity index (χ0n) is 11.2. The Labute approximate surface area is 132 Å². The van der Waals surface area contributed by atoms with Gasteiger partial charge in [0.2, 0.25) is 0 Å². The molecule has 112 valence electrons. The number of benzene rings is 1. The van der Waals surface area contributed by atoms with E-state index in [4.69, 9.17) is 5.73 Å². The van der Waals surface area contributed by atoms with Crippen molar-refractivity contribution in [3.8, 4) is 17.0 Å². The van der Waals surface area contributed by atoms with Gasteiger partial charge in [-0.05, 0) is 36.7 Å². The third kappa shape index (κ3) is 2.54. The molecule has 1 aromatic carbocycles. The van der Waals surface area contributed by atoms with Gasteiger partial charge in [-0.25, -0.2) is 4.79 Å². The Morgan fingerprint density at radius 2 is 2.19 bits per heavy atom. The minimum atomic E-state index is -0.979. The van der Waals surface area contributed by atoms with Gasteiger partial charge < -0.3 is 15.9 Å². The van der Waals surface area contributed by atoms with Crippen molar-refractivity contribution < 1.29 is 15.0 Å². The first-order chi connectivity index (χ1) is 9.61. The number of fused-ring (bicyclic) bond motifs is 3. The molecule has 0 atom stereocenters. The number of aryl methyl sites for hydroxylation is 1. The number of phenols is 1. The van der Waals surface area contributed by atoms with Crippen molar-refractivity contribution in [3.63, 3.8) is 0 Å². The second-order valence-electron chi connectivity index (χ2n) is 4.86. The summed E-state index contributed by atoms with van der Waals surface area (Å²) in [5.41, 5.74) is 8.93. The van der Waals surface area contributed by atoms with Gasteiger partial charge in [-0.3, -0.25) is 4.68 Å². The predicted molar refractivity (Wildman–Crippen MR) is 83.1 cm³/mol. The highest BCUT2D eigenvalue weighted by atomic mass is 79.9. The van der Waals surface area contributed by atoms with Crippen molar-refractivity contribution in [2.45, 2.75) is 19.4 Å². The van der Waals surface area contributed by atoms with E-state index in [9.17, 15) is 15.0 Å². The highest BCUT2D eigenvalue weighted by molar-refractivity contribution is 8.93. The third-order valence-corrected chi connectivity index (χ3v) is 3.54. The Balaban J connectivity index is 0.00000161. The highest BCUT2D eigenvalue weighted by Gasteiger charge is 2.30. The molecule has 0 unspecified atom stereocenters. The fourth-order valence-electron chi connectivity index (χ4n) is 2.67. The smallest absolute Gasteiger partial charge is 0.354 e. The summed E-state index contributed by atoms with van der Waals surface area (Å²) in [7, 11) is 0. The second kappa shape index (κ2) is 5.87. The molecule has 4 N–H and O–H groups in total. The van der Waals surface area contributed by atoms with Gasteiger partial charge in [-0.1, -0.05) is 0 Å². The Morgan fingerprint density at radius 3 is 2.86 bits per heavy atom. The fourth-order valence-corrected chi connectivity index (χ4v) is 2.67. The number of aromatic hydroxyl groups is 1. The number of hydrogen-bond acceptors (Lipinski definition) is 4. The monoisotopic (exact) mass is 353 g/mol. The normalized spacial score (nSPS) is 11.7. The van der Waals surface area contributed by atoms with Gasteiger partial charge in [0, 0.05) is 24.1 Å². The number of hydrogen-bond donors (Lipinski definition) is 3. The van der Waals surface area contributed by atoms with Crippen LogP contribution in [0.4, 0.5) is 0 Å². The van der Waals surface area contributed by atoms with Gasteiger partial charge >= 0.3 is 5.97 Å². The van der Waals surface area contributed by atoms with Crippen LogP contribution >= 0.6 is 17.0 Å². The summed E-state index contributed by atoms with van der Waals surface area (Å²) in [6, 6.07) is 5.03. The maximum atomic E-state index is 11.5. The van der Waals surface area contributed by atoms with Gasteiger partial charge in [-0.2, -0.15) is 5.10 Å². The third-order valence-electron chi connectivity index (χ3n) is 3.54. The van der Waals surface area contributed by atoms with E-state index < -0.39 is 5.97 Å². The number of carboxylic acid groups (broad SMARTS) is 1. The minimum Gasteiger partial charge on any atom is -0.508 e. The molecular formula is C14H16BrN3O3. The molecule has 0 fully saturated rings. The summed E-state index contributed by atoms with van der Waals surface area (Å²) in [6.07, 6.45) is 1.17. The molecule has 1 aliphatic rings. The highest BCUT2D eigenvalue weighted by Crippen LogP contribution is 2.39. The molecule has 3 rings (SSSR count). The average Bonchev–Trinajstić information content (AvgIpc) is 2.90. The predicted octanol–water partition coefficient (Wildman–Crippen LogP) is 1.78. The molecule has 6 nitrogen and oxygen atoms in total. The first-order valence-electron chi connectivity index (χ1n) is 6.47. The number of nitrogens with zero attached hydrogens (tertiary/aromatic N) is 2. The molecule has 0 saturated heterocycles. The number of halogens is 1. The van der Waals surface area contributed by atoms with E-state index in [-0.39, 0.29) is 28.4 Å². The van der Waals surface area contributed by atoms with Gasteiger partial charge in [0.05, 0.1) is 5.69 Å². The van der Waals surface area contributed by atoms with E-state index in [1.54, 1.807) is 18.2 Å². The number of rotatable bonds is 4. The summed E-state index contributed by atoms with van der Waals surface area (Å²) < 4.78 is 1.52. The largest absolute Gasteiger partial charge is 0.508 e. The second-order valence-corrected chi connectivity index (χ2v) is 4.86. The number of aromatic carboxylic acids is 1. The molecule has 1 aromatic heterocycles. The van der Waals surface area contributed by atoms with E-state index in [1.807, 2.05) is 0 Å². The van der Waals surface area contributed by atoms with Crippen molar-refractivity contribution in [2.75, 3.05) is 6.54 Å². The van der Waals surface area contributed by atoms with E-state index in [1.165, 1.54) is 4.68 Å². The Kier molecular flexibility index (Phi) is 4.34. The van der Waals surface area contributed by atoms with Crippen LogP contribution in [0.5, 0.6) is 5.75 Å². The van der Waals surface area contributed by atoms with E-state index in [0.29, 0.717) is 31.6 Å². The number of phenolic OH excluding ortho intramolecular Hbond substituents is 1. The minimum absolute atomic E-state index is 0. The lowest BCUT2D eigenvalue weighted by molar-refractivity contribution is 0.0682.